The molecule has 72 valence electrons. The predicted molar refractivity (Wildman–Crippen MR) is 52.0 cm³/mol. The largest absolute Gasteiger partial charge is 0.439 e. The summed E-state index contributed by atoms with van der Waals surface area (Å²) < 4.78 is 4.44. The lowest BCUT2D eigenvalue weighted by Crippen LogP contribution is -1.95. The Morgan fingerprint density at radius 2 is 1.86 bits per heavy atom. The van der Waals surface area contributed by atoms with Crippen molar-refractivity contribution in [1.29, 1.82) is 0 Å². The summed E-state index contributed by atoms with van der Waals surface area (Å²) in [6.45, 7) is 3.99. The molecule has 4 heteroatoms. The highest BCUT2D eigenvalue weighted by molar-refractivity contribution is 5.56. The molecule has 0 saturated heterocycles. The standard InChI is InChI=1S/C10H10N2O2/c1-6-3-7(2)5-8(4-6)9-11-10(13)14-12-9/h3-5H,1-2H3,(H,11,12,13). The van der Waals surface area contributed by atoms with Crippen molar-refractivity contribution in [2.75, 3.05) is 0 Å². The van der Waals surface area contributed by atoms with Gasteiger partial charge in [-0.25, -0.2) is 4.79 Å². The molecule has 0 spiro atoms. The minimum absolute atomic E-state index is 0.474. The van der Waals surface area contributed by atoms with E-state index in [9.17, 15) is 4.79 Å². The number of hydrogen-bond donors (Lipinski definition) is 1. The Hall–Kier alpha value is -1.84. The van der Waals surface area contributed by atoms with E-state index in [2.05, 4.69) is 20.7 Å². The molecule has 0 saturated carbocycles. The molecule has 2 rings (SSSR count). The third kappa shape index (κ3) is 1.59. The van der Waals surface area contributed by atoms with E-state index in [1.54, 1.807) is 0 Å². The minimum Gasteiger partial charge on any atom is -0.296 e. The van der Waals surface area contributed by atoms with Crippen LogP contribution < -0.4 is 5.76 Å². The van der Waals surface area contributed by atoms with E-state index in [4.69, 9.17) is 0 Å². The van der Waals surface area contributed by atoms with E-state index in [0.29, 0.717) is 5.82 Å². The second-order valence-corrected chi connectivity index (χ2v) is 3.32. The summed E-state index contributed by atoms with van der Waals surface area (Å²) in [6.07, 6.45) is 0. The Balaban J connectivity index is 2.56. The number of aromatic nitrogens is 2. The van der Waals surface area contributed by atoms with Crippen LogP contribution in [0.2, 0.25) is 0 Å². The molecule has 14 heavy (non-hydrogen) atoms. The molecule has 0 bridgehead atoms. The fraction of sp³-hybridized carbons (Fsp3) is 0.200. The summed E-state index contributed by atoms with van der Waals surface area (Å²) >= 11 is 0. The molecule has 0 aliphatic rings. The molecule has 0 fully saturated rings. The molecular weight excluding hydrogens is 180 g/mol. The molecule has 0 aliphatic heterocycles. The number of hydrogen-bond acceptors (Lipinski definition) is 3. The van der Waals surface area contributed by atoms with E-state index in [0.717, 1.165) is 16.7 Å². The van der Waals surface area contributed by atoms with Crippen molar-refractivity contribution in [3.05, 3.63) is 39.9 Å². The van der Waals surface area contributed by atoms with Crippen LogP contribution in [0.3, 0.4) is 0 Å². The Morgan fingerprint density at radius 3 is 2.36 bits per heavy atom. The normalized spacial score (nSPS) is 10.4. The number of benzene rings is 1. The van der Waals surface area contributed by atoms with Gasteiger partial charge in [0.15, 0.2) is 5.82 Å². The van der Waals surface area contributed by atoms with E-state index < -0.39 is 5.76 Å². The van der Waals surface area contributed by atoms with Gasteiger partial charge >= 0.3 is 5.76 Å². The maximum atomic E-state index is 10.7. The predicted octanol–water partition coefficient (Wildman–Crippen LogP) is 1.65. The van der Waals surface area contributed by atoms with Crippen molar-refractivity contribution < 1.29 is 4.52 Å². The smallest absolute Gasteiger partial charge is 0.296 e. The number of H-pyrrole nitrogens is 1. The first-order valence-electron chi connectivity index (χ1n) is 4.30. The van der Waals surface area contributed by atoms with E-state index in [1.165, 1.54) is 0 Å². The van der Waals surface area contributed by atoms with Crippen molar-refractivity contribution in [3.63, 3.8) is 0 Å². The van der Waals surface area contributed by atoms with Gasteiger partial charge in [0.1, 0.15) is 0 Å². The SMILES string of the molecule is Cc1cc(C)cc(-c2noc(=O)[nH]2)c1. The molecule has 1 aromatic heterocycles. The molecule has 1 heterocycles. The number of nitrogens with zero attached hydrogens (tertiary/aromatic N) is 1. The second-order valence-electron chi connectivity index (χ2n) is 3.32. The van der Waals surface area contributed by atoms with Crippen LogP contribution in [0.4, 0.5) is 0 Å². The molecule has 1 aromatic carbocycles. The molecule has 0 aliphatic carbocycles. The summed E-state index contributed by atoms with van der Waals surface area (Å²) in [5.74, 6) is -0.0547. The first kappa shape index (κ1) is 8.74. The van der Waals surface area contributed by atoms with Gasteiger partial charge in [0.2, 0.25) is 0 Å². The van der Waals surface area contributed by atoms with E-state index in [1.807, 2.05) is 26.0 Å². The van der Waals surface area contributed by atoms with Crippen molar-refractivity contribution in [2.45, 2.75) is 13.8 Å². The maximum absolute atomic E-state index is 10.7. The molecule has 0 unspecified atom stereocenters. The zero-order valence-electron chi connectivity index (χ0n) is 8.00. The third-order valence-corrected chi connectivity index (χ3v) is 1.94. The number of nitrogens with one attached hydrogen (secondary N) is 1. The second kappa shape index (κ2) is 3.14. The topological polar surface area (TPSA) is 58.9 Å². The quantitative estimate of drug-likeness (QED) is 0.743. The summed E-state index contributed by atoms with van der Waals surface area (Å²) in [7, 11) is 0. The molecular formula is C10H10N2O2. The van der Waals surface area contributed by atoms with Crippen LogP contribution in [-0.2, 0) is 0 Å². The van der Waals surface area contributed by atoms with Crippen molar-refractivity contribution in [2.24, 2.45) is 0 Å². The first-order valence-corrected chi connectivity index (χ1v) is 4.30. The van der Waals surface area contributed by atoms with E-state index in [-0.39, 0.29) is 0 Å². The van der Waals surface area contributed by atoms with Crippen LogP contribution in [0.5, 0.6) is 0 Å². The average Bonchev–Trinajstić information content (AvgIpc) is 2.50. The molecule has 0 radical (unpaired) electrons. The van der Waals surface area contributed by atoms with Gasteiger partial charge in [0.25, 0.3) is 0 Å². The number of aryl methyl sites for hydroxylation is 2. The van der Waals surface area contributed by atoms with Crippen LogP contribution in [0.1, 0.15) is 11.1 Å². The number of rotatable bonds is 1. The molecule has 1 N–H and O–H groups in total. The molecule has 4 nitrogen and oxygen atoms in total. The van der Waals surface area contributed by atoms with Gasteiger partial charge in [-0.15, -0.1) is 0 Å². The summed E-state index contributed by atoms with van der Waals surface area (Å²) in [4.78, 5) is 13.3. The van der Waals surface area contributed by atoms with Crippen LogP contribution in [0.15, 0.2) is 27.5 Å². The van der Waals surface area contributed by atoms with Gasteiger partial charge in [-0.3, -0.25) is 9.51 Å². The van der Waals surface area contributed by atoms with Crippen LogP contribution in [0, 0.1) is 13.8 Å². The van der Waals surface area contributed by atoms with Gasteiger partial charge in [-0.05, 0) is 26.0 Å². The summed E-state index contributed by atoms with van der Waals surface area (Å²) in [6, 6.07) is 5.95. The Bertz CT molecular complexity index is 491. The Labute approximate surface area is 80.6 Å². The van der Waals surface area contributed by atoms with Crippen molar-refractivity contribution in [3.8, 4) is 11.4 Å². The third-order valence-electron chi connectivity index (χ3n) is 1.94. The first-order chi connectivity index (χ1) is 6.65. The lowest BCUT2D eigenvalue weighted by Gasteiger charge is -1.99. The highest BCUT2D eigenvalue weighted by Gasteiger charge is 2.04. The fourth-order valence-corrected chi connectivity index (χ4v) is 1.47. The summed E-state index contributed by atoms with van der Waals surface area (Å²) in [5.41, 5.74) is 3.13. The lowest BCUT2D eigenvalue weighted by molar-refractivity contribution is 0.388. The van der Waals surface area contributed by atoms with Crippen LogP contribution in [-0.4, -0.2) is 10.1 Å². The monoisotopic (exact) mass is 190 g/mol. The maximum Gasteiger partial charge on any atom is 0.439 e. The van der Waals surface area contributed by atoms with Crippen LogP contribution in [0.25, 0.3) is 11.4 Å². The number of aromatic amines is 1. The minimum atomic E-state index is -0.529. The highest BCUT2D eigenvalue weighted by Crippen LogP contribution is 2.17. The molecule has 2 aromatic rings. The van der Waals surface area contributed by atoms with Gasteiger partial charge in [0.05, 0.1) is 0 Å². The van der Waals surface area contributed by atoms with Gasteiger partial charge in [-0.1, -0.05) is 22.3 Å². The molecule has 0 amide bonds. The lowest BCUT2D eigenvalue weighted by atomic mass is 10.1. The Kier molecular flexibility index (Phi) is 1.96. The van der Waals surface area contributed by atoms with Gasteiger partial charge in [-0.2, -0.15) is 0 Å². The van der Waals surface area contributed by atoms with E-state index >= 15 is 0 Å². The fourth-order valence-electron chi connectivity index (χ4n) is 1.47. The van der Waals surface area contributed by atoms with Gasteiger partial charge < -0.3 is 0 Å². The highest BCUT2D eigenvalue weighted by atomic mass is 16.5. The van der Waals surface area contributed by atoms with Crippen LogP contribution >= 0.6 is 0 Å². The van der Waals surface area contributed by atoms with Crippen molar-refractivity contribution in [1.82, 2.24) is 10.1 Å². The molecule has 0 atom stereocenters. The van der Waals surface area contributed by atoms with Gasteiger partial charge in [0, 0.05) is 5.56 Å². The average molecular weight is 190 g/mol. The summed E-state index contributed by atoms with van der Waals surface area (Å²) in [5, 5.41) is 3.63. The van der Waals surface area contributed by atoms with Crippen molar-refractivity contribution >= 4 is 0 Å². The Morgan fingerprint density at radius 1 is 1.21 bits per heavy atom. The zero-order chi connectivity index (χ0) is 10.1. The zero-order valence-corrected chi connectivity index (χ0v) is 8.00.